The molecule has 0 spiro atoms. The number of rotatable bonds is 7. The van der Waals surface area contributed by atoms with Gasteiger partial charge in [0.05, 0.1) is 30.0 Å². The number of furan rings is 1. The van der Waals surface area contributed by atoms with E-state index in [9.17, 15) is 14.0 Å². The zero-order valence-corrected chi connectivity index (χ0v) is 18.8. The van der Waals surface area contributed by atoms with E-state index in [0.717, 1.165) is 19.4 Å². The van der Waals surface area contributed by atoms with Gasteiger partial charge in [-0.1, -0.05) is 29.8 Å². The van der Waals surface area contributed by atoms with E-state index in [1.165, 1.54) is 6.07 Å². The summed E-state index contributed by atoms with van der Waals surface area (Å²) in [6.07, 6.45) is 3.08. The number of likely N-dealkylation sites (tertiary alicyclic amines) is 1. The second-order valence-corrected chi connectivity index (χ2v) is 8.48. The van der Waals surface area contributed by atoms with Gasteiger partial charge in [-0.3, -0.25) is 14.5 Å². The van der Waals surface area contributed by atoms with E-state index in [2.05, 4.69) is 10.6 Å². The van der Waals surface area contributed by atoms with Crippen molar-refractivity contribution in [3.05, 3.63) is 88.6 Å². The average Bonchev–Trinajstić information content (AvgIpc) is 3.34. The fraction of sp³-hybridized carbons (Fsp3) is 0.280. The molecule has 2 heterocycles. The number of para-hydroxylation sites is 1. The highest BCUT2D eigenvalue weighted by Gasteiger charge is 2.27. The molecule has 4 rings (SSSR count). The zero-order valence-electron chi connectivity index (χ0n) is 18.0. The first-order valence-corrected chi connectivity index (χ1v) is 11.2. The number of anilines is 1. The van der Waals surface area contributed by atoms with E-state index < -0.39 is 0 Å². The van der Waals surface area contributed by atoms with Crippen molar-refractivity contribution in [3.63, 3.8) is 0 Å². The van der Waals surface area contributed by atoms with Crippen LogP contribution in [0.25, 0.3) is 0 Å². The minimum absolute atomic E-state index is 0.161. The van der Waals surface area contributed by atoms with Crippen LogP contribution in [0, 0.1) is 11.7 Å². The van der Waals surface area contributed by atoms with E-state index in [1.807, 2.05) is 4.90 Å². The fourth-order valence-electron chi connectivity index (χ4n) is 4.02. The van der Waals surface area contributed by atoms with Crippen molar-refractivity contribution in [1.82, 2.24) is 10.2 Å². The van der Waals surface area contributed by atoms with Crippen LogP contribution in [0.1, 0.15) is 34.5 Å². The lowest BCUT2D eigenvalue weighted by molar-refractivity contribution is -0.121. The molecule has 1 saturated heterocycles. The second kappa shape index (κ2) is 10.6. The predicted molar refractivity (Wildman–Crippen MR) is 124 cm³/mol. The van der Waals surface area contributed by atoms with Gasteiger partial charge in [0.1, 0.15) is 11.6 Å². The Morgan fingerprint density at radius 1 is 1.12 bits per heavy atom. The van der Waals surface area contributed by atoms with Crippen LogP contribution in [0.3, 0.4) is 0 Å². The highest BCUT2D eigenvalue weighted by molar-refractivity contribution is 6.31. The molecule has 2 aromatic carbocycles. The van der Waals surface area contributed by atoms with Gasteiger partial charge in [0.2, 0.25) is 5.91 Å². The van der Waals surface area contributed by atoms with Gasteiger partial charge >= 0.3 is 0 Å². The fourth-order valence-corrected chi connectivity index (χ4v) is 4.24. The molecule has 1 atom stereocenters. The number of amides is 2. The van der Waals surface area contributed by atoms with Gasteiger partial charge in [-0.15, -0.1) is 0 Å². The van der Waals surface area contributed by atoms with Gasteiger partial charge in [0.15, 0.2) is 0 Å². The lowest BCUT2D eigenvalue weighted by Gasteiger charge is -2.32. The molecule has 8 heteroatoms. The molecule has 1 unspecified atom stereocenters. The van der Waals surface area contributed by atoms with Gasteiger partial charge in [-0.25, -0.2) is 4.39 Å². The molecule has 2 amide bonds. The molecule has 1 aromatic heterocycles. The van der Waals surface area contributed by atoms with Crippen LogP contribution in [-0.2, 0) is 17.9 Å². The zero-order chi connectivity index (χ0) is 23.2. The smallest absolute Gasteiger partial charge is 0.253 e. The van der Waals surface area contributed by atoms with Crippen molar-refractivity contribution in [2.45, 2.75) is 25.9 Å². The molecule has 0 saturated carbocycles. The highest BCUT2D eigenvalue weighted by Crippen LogP contribution is 2.25. The van der Waals surface area contributed by atoms with Crippen molar-refractivity contribution in [1.29, 1.82) is 0 Å². The monoisotopic (exact) mass is 469 g/mol. The Labute approximate surface area is 196 Å². The quantitative estimate of drug-likeness (QED) is 0.518. The second-order valence-electron chi connectivity index (χ2n) is 8.07. The number of benzene rings is 2. The highest BCUT2D eigenvalue weighted by atomic mass is 35.5. The summed E-state index contributed by atoms with van der Waals surface area (Å²) in [7, 11) is 0. The summed E-state index contributed by atoms with van der Waals surface area (Å²) >= 11 is 6.17. The standard InChI is InChI=1S/C25H25ClFN3O3/c26-21-9-3-10-22(27)20(21)16-30-12-4-6-17(15-30)24(31)29-23-11-2-1-8-19(23)25(32)28-14-18-7-5-13-33-18/h1-3,5,7-11,13,17H,4,6,12,14-16H2,(H,28,32)(H,29,31). The molecule has 2 N–H and O–H groups in total. The maximum Gasteiger partial charge on any atom is 0.253 e. The molecule has 0 bridgehead atoms. The Bertz CT molecular complexity index is 1100. The molecule has 0 aliphatic carbocycles. The molecule has 3 aromatic rings. The molecule has 33 heavy (non-hydrogen) atoms. The van der Waals surface area contributed by atoms with Crippen LogP contribution >= 0.6 is 11.6 Å². The largest absolute Gasteiger partial charge is 0.467 e. The summed E-state index contributed by atoms with van der Waals surface area (Å²) in [5.74, 6) is -0.443. The third kappa shape index (κ3) is 5.80. The number of piperidine rings is 1. The first kappa shape index (κ1) is 23.0. The van der Waals surface area contributed by atoms with Gasteiger partial charge in [-0.2, -0.15) is 0 Å². The molecular weight excluding hydrogens is 445 g/mol. The lowest BCUT2D eigenvalue weighted by Crippen LogP contribution is -2.40. The normalized spacial score (nSPS) is 16.4. The Morgan fingerprint density at radius 2 is 1.97 bits per heavy atom. The van der Waals surface area contributed by atoms with Crippen LogP contribution < -0.4 is 10.6 Å². The van der Waals surface area contributed by atoms with Crippen molar-refractivity contribution in [2.24, 2.45) is 5.92 Å². The summed E-state index contributed by atoms with van der Waals surface area (Å²) in [5.41, 5.74) is 1.27. The van der Waals surface area contributed by atoms with Gasteiger partial charge in [0.25, 0.3) is 5.91 Å². The minimum atomic E-state index is -0.344. The number of nitrogens with zero attached hydrogens (tertiary/aromatic N) is 1. The van der Waals surface area contributed by atoms with Crippen molar-refractivity contribution < 1.29 is 18.4 Å². The average molecular weight is 470 g/mol. The SMILES string of the molecule is O=C(NCc1ccco1)c1ccccc1NC(=O)C1CCCN(Cc2c(F)cccc2Cl)C1. The molecule has 172 valence electrons. The van der Waals surface area contributed by atoms with Crippen LogP contribution in [0.15, 0.2) is 65.3 Å². The summed E-state index contributed by atoms with van der Waals surface area (Å²) in [6.45, 7) is 1.86. The van der Waals surface area contributed by atoms with Crippen LogP contribution in [0.5, 0.6) is 0 Å². The summed E-state index contributed by atoms with van der Waals surface area (Å²) in [4.78, 5) is 27.8. The van der Waals surface area contributed by atoms with Crippen LogP contribution in [0.4, 0.5) is 10.1 Å². The predicted octanol–water partition coefficient (Wildman–Crippen LogP) is 4.85. The van der Waals surface area contributed by atoms with E-state index >= 15 is 0 Å². The Morgan fingerprint density at radius 3 is 2.76 bits per heavy atom. The van der Waals surface area contributed by atoms with Gasteiger partial charge < -0.3 is 15.1 Å². The number of carbonyl (C=O) groups is 2. The first-order valence-electron chi connectivity index (χ1n) is 10.9. The minimum Gasteiger partial charge on any atom is -0.467 e. The third-order valence-electron chi connectivity index (χ3n) is 5.75. The van der Waals surface area contributed by atoms with Gasteiger partial charge in [-0.05, 0) is 55.8 Å². The topological polar surface area (TPSA) is 74.6 Å². The van der Waals surface area contributed by atoms with Crippen molar-refractivity contribution in [2.75, 3.05) is 18.4 Å². The molecule has 1 fully saturated rings. The van der Waals surface area contributed by atoms with Crippen LogP contribution in [0.2, 0.25) is 5.02 Å². The number of hydrogen-bond acceptors (Lipinski definition) is 4. The number of nitrogens with one attached hydrogen (secondary N) is 2. The Hall–Kier alpha value is -3.16. The van der Waals surface area contributed by atoms with Crippen LogP contribution in [-0.4, -0.2) is 29.8 Å². The summed E-state index contributed by atoms with van der Waals surface area (Å²) in [5, 5.41) is 6.10. The van der Waals surface area contributed by atoms with E-state index in [-0.39, 0.29) is 30.1 Å². The third-order valence-corrected chi connectivity index (χ3v) is 6.11. The maximum absolute atomic E-state index is 14.2. The Kier molecular flexibility index (Phi) is 7.42. The molecule has 6 nitrogen and oxygen atoms in total. The number of hydrogen-bond donors (Lipinski definition) is 2. The number of carbonyl (C=O) groups excluding carboxylic acids is 2. The molecule has 1 aliphatic heterocycles. The van der Waals surface area contributed by atoms with E-state index in [1.54, 1.807) is 54.8 Å². The maximum atomic E-state index is 14.2. The molecule has 0 radical (unpaired) electrons. The molecule has 1 aliphatic rings. The first-order chi connectivity index (χ1) is 16.0. The summed E-state index contributed by atoms with van der Waals surface area (Å²) in [6, 6.07) is 15.1. The van der Waals surface area contributed by atoms with E-state index in [0.29, 0.717) is 40.7 Å². The van der Waals surface area contributed by atoms with Crippen molar-refractivity contribution in [3.8, 4) is 0 Å². The summed E-state index contributed by atoms with van der Waals surface area (Å²) < 4.78 is 19.4. The lowest BCUT2D eigenvalue weighted by atomic mass is 9.96. The molecular formula is C25H25ClFN3O3. The van der Waals surface area contributed by atoms with Crippen molar-refractivity contribution >= 4 is 29.1 Å². The Balaban J connectivity index is 1.39. The number of halogens is 2. The van der Waals surface area contributed by atoms with E-state index in [4.69, 9.17) is 16.0 Å². The van der Waals surface area contributed by atoms with Gasteiger partial charge in [0, 0.05) is 23.7 Å².